The van der Waals surface area contributed by atoms with E-state index in [4.69, 9.17) is 11.6 Å². The number of anilines is 1. The number of rotatable bonds is 6. The van der Waals surface area contributed by atoms with Crippen molar-refractivity contribution in [1.29, 1.82) is 0 Å². The van der Waals surface area contributed by atoms with E-state index >= 15 is 0 Å². The lowest BCUT2D eigenvalue weighted by atomic mass is 9.89. The van der Waals surface area contributed by atoms with Crippen LogP contribution >= 0.6 is 11.6 Å². The first-order valence-corrected chi connectivity index (χ1v) is 12.8. The Morgan fingerprint density at radius 1 is 1.00 bits per heavy atom. The molecule has 1 fully saturated rings. The molecule has 4 aromatic rings. The van der Waals surface area contributed by atoms with Gasteiger partial charge >= 0.3 is 0 Å². The smallest absolute Gasteiger partial charge is 0.226 e. The molecule has 0 bridgehead atoms. The number of amides is 1. The first kappa shape index (κ1) is 23.7. The predicted molar refractivity (Wildman–Crippen MR) is 145 cm³/mol. The average molecular weight is 486 g/mol. The second kappa shape index (κ2) is 10.3. The van der Waals surface area contributed by atoms with E-state index in [1.165, 1.54) is 22.0 Å². The van der Waals surface area contributed by atoms with Crippen molar-refractivity contribution in [1.82, 2.24) is 9.47 Å². The van der Waals surface area contributed by atoms with Gasteiger partial charge in [-0.3, -0.25) is 9.69 Å². The number of likely N-dealkylation sites (tertiary alicyclic amines) is 1. The van der Waals surface area contributed by atoms with Crippen LogP contribution in [-0.4, -0.2) is 28.5 Å². The molecule has 0 spiro atoms. The largest absolute Gasteiger partial charge is 0.326 e. The zero-order valence-electron chi connectivity index (χ0n) is 20.4. The van der Waals surface area contributed by atoms with Crippen molar-refractivity contribution < 1.29 is 4.79 Å². The van der Waals surface area contributed by atoms with Gasteiger partial charge in [0.15, 0.2) is 0 Å². The number of para-hydroxylation sites is 1. The molecule has 0 aliphatic carbocycles. The maximum absolute atomic E-state index is 12.1. The summed E-state index contributed by atoms with van der Waals surface area (Å²) in [7, 11) is 0. The summed E-state index contributed by atoms with van der Waals surface area (Å²) in [6, 6.07) is 25.3. The van der Waals surface area contributed by atoms with Gasteiger partial charge < -0.3 is 9.88 Å². The minimum Gasteiger partial charge on any atom is -0.326 e. The fourth-order valence-corrected chi connectivity index (χ4v) is 5.21. The van der Waals surface area contributed by atoms with Crippen LogP contribution in [0.25, 0.3) is 16.6 Å². The SMILES string of the molecule is CC(C)C(=O)Nc1cccc(C2CCN(Cc3ccc4c(ccn4-c4ccccc4Cl)c3)CC2)c1. The Balaban J connectivity index is 1.22. The Morgan fingerprint density at radius 2 is 1.80 bits per heavy atom. The second-order valence-electron chi connectivity index (χ2n) is 9.85. The van der Waals surface area contributed by atoms with E-state index in [1.54, 1.807) is 0 Å². The molecule has 1 N–H and O–H groups in total. The first-order valence-electron chi connectivity index (χ1n) is 12.5. The number of fused-ring (bicyclic) bond motifs is 1. The molecular weight excluding hydrogens is 454 g/mol. The summed E-state index contributed by atoms with van der Waals surface area (Å²) >= 11 is 6.43. The first-order chi connectivity index (χ1) is 17.0. The highest BCUT2D eigenvalue weighted by Gasteiger charge is 2.21. The van der Waals surface area contributed by atoms with Crippen molar-refractivity contribution in [2.24, 2.45) is 5.92 Å². The third-order valence-electron chi connectivity index (χ3n) is 7.01. The van der Waals surface area contributed by atoms with Gasteiger partial charge in [-0.25, -0.2) is 0 Å². The molecule has 5 rings (SSSR count). The van der Waals surface area contributed by atoms with Crippen LogP contribution in [0.15, 0.2) is 79.0 Å². The topological polar surface area (TPSA) is 37.3 Å². The number of aromatic nitrogens is 1. The van der Waals surface area contributed by atoms with Crippen LogP contribution in [0.4, 0.5) is 5.69 Å². The predicted octanol–water partition coefficient (Wildman–Crippen LogP) is 7.26. The number of carbonyl (C=O) groups excluding carboxylic acids is 1. The van der Waals surface area contributed by atoms with Crippen molar-refractivity contribution in [3.05, 3.63) is 95.1 Å². The minimum atomic E-state index is -0.0178. The minimum absolute atomic E-state index is 0.0178. The van der Waals surface area contributed by atoms with Gasteiger partial charge in [-0.2, -0.15) is 0 Å². The van der Waals surface area contributed by atoms with Gasteiger partial charge in [0.2, 0.25) is 5.91 Å². The maximum atomic E-state index is 12.1. The molecule has 1 aromatic heterocycles. The van der Waals surface area contributed by atoms with E-state index in [-0.39, 0.29) is 11.8 Å². The van der Waals surface area contributed by atoms with Crippen molar-refractivity contribution in [2.75, 3.05) is 18.4 Å². The highest BCUT2D eigenvalue weighted by molar-refractivity contribution is 6.32. The molecule has 2 heterocycles. The third kappa shape index (κ3) is 5.29. The molecule has 1 saturated heterocycles. The van der Waals surface area contributed by atoms with Crippen molar-refractivity contribution in [2.45, 2.75) is 39.2 Å². The molecule has 5 heteroatoms. The zero-order chi connectivity index (χ0) is 24.4. The van der Waals surface area contributed by atoms with Gasteiger partial charge in [-0.05, 0) is 85.4 Å². The normalized spacial score (nSPS) is 15.1. The lowest BCUT2D eigenvalue weighted by Gasteiger charge is -2.32. The number of carbonyl (C=O) groups is 1. The molecule has 0 saturated carbocycles. The quantitative estimate of drug-likeness (QED) is 0.312. The standard InChI is InChI=1S/C30H32ClN3O/c1-21(2)30(35)32-26-7-5-6-24(19-26)23-12-15-33(16-13-23)20-22-10-11-28-25(18-22)14-17-34(28)29-9-4-3-8-27(29)31/h3-11,14,17-19,21,23H,12-13,15-16,20H2,1-2H3,(H,32,35). The lowest BCUT2D eigenvalue weighted by molar-refractivity contribution is -0.118. The molecule has 3 aromatic carbocycles. The van der Waals surface area contributed by atoms with E-state index in [2.05, 4.69) is 63.4 Å². The molecule has 1 aliphatic heterocycles. The Labute approximate surface area is 212 Å². The Kier molecular flexibility index (Phi) is 6.94. The van der Waals surface area contributed by atoms with Crippen molar-refractivity contribution in [3.8, 4) is 5.69 Å². The van der Waals surface area contributed by atoms with Crippen LogP contribution in [0.2, 0.25) is 5.02 Å². The van der Waals surface area contributed by atoms with Crippen LogP contribution in [0.3, 0.4) is 0 Å². The number of hydrogen-bond donors (Lipinski definition) is 1. The summed E-state index contributed by atoms with van der Waals surface area (Å²) in [5.74, 6) is 0.584. The van der Waals surface area contributed by atoms with Gasteiger partial charge in [-0.15, -0.1) is 0 Å². The van der Waals surface area contributed by atoms with Gasteiger partial charge in [0.25, 0.3) is 0 Å². The molecular formula is C30H32ClN3O. The number of piperidine rings is 1. The fraction of sp³-hybridized carbons (Fsp3) is 0.300. The number of halogens is 1. The summed E-state index contributed by atoms with van der Waals surface area (Å²) in [6.07, 6.45) is 4.36. The maximum Gasteiger partial charge on any atom is 0.226 e. The highest BCUT2D eigenvalue weighted by Crippen LogP contribution is 2.31. The van der Waals surface area contributed by atoms with Crippen molar-refractivity contribution >= 4 is 34.1 Å². The van der Waals surface area contributed by atoms with Gasteiger partial charge in [0.05, 0.1) is 16.2 Å². The Hall–Kier alpha value is -3.08. The molecule has 180 valence electrons. The summed E-state index contributed by atoms with van der Waals surface area (Å²) in [6.45, 7) is 6.95. The van der Waals surface area contributed by atoms with Crippen LogP contribution in [0, 0.1) is 5.92 Å². The Bertz CT molecular complexity index is 1330. The fourth-order valence-electron chi connectivity index (χ4n) is 4.99. The summed E-state index contributed by atoms with van der Waals surface area (Å²) in [5, 5.41) is 5.02. The van der Waals surface area contributed by atoms with Gasteiger partial charge in [-0.1, -0.05) is 55.8 Å². The third-order valence-corrected chi connectivity index (χ3v) is 7.33. The average Bonchev–Trinajstić information content (AvgIpc) is 3.28. The van der Waals surface area contributed by atoms with Gasteiger partial charge in [0.1, 0.15) is 0 Å². The lowest BCUT2D eigenvalue weighted by Crippen LogP contribution is -2.32. The number of hydrogen-bond acceptors (Lipinski definition) is 2. The molecule has 0 radical (unpaired) electrons. The monoisotopic (exact) mass is 485 g/mol. The summed E-state index contributed by atoms with van der Waals surface area (Å²) in [4.78, 5) is 14.6. The highest BCUT2D eigenvalue weighted by atomic mass is 35.5. The van der Waals surface area contributed by atoms with E-state index < -0.39 is 0 Å². The number of nitrogens with one attached hydrogen (secondary N) is 1. The van der Waals surface area contributed by atoms with E-state index in [0.29, 0.717) is 5.92 Å². The number of benzene rings is 3. The molecule has 0 unspecified atom stereocenters. The summed E-state index contributed by atoms with van der Waals surface area (Å²) in [5.41, 5.74) is 5.75. The molecule has 35 heavy (non-hydrogen) atoms. The van der Waals surface area contributed by atoms with E-state index in [0.717, 1.165) is 48.9 Å². The summed E-state index contributed by atoms with van der Waals surface area (Å²) < 4.78 is 2.16. The molecule has 1 aliphatic rings. The van der Waals surface area contributed by atoms with Crippen molar-refractivity contribution in [3.63, 3.8) is 0 Å². The van der Waals surface area contributed by atoms with Crippen LogP contribution < -0.4 is 5.32 Å². The Morgan fingerprint density at radius 3 is 2.57 bits per heavy atom. The van der Waals surface area contributed by atoms with Crippen LogP contribution in [0.1, 0.15) is 43.7 Å². The molecule has 1 amide bonds. The van der Waals surface area contributed by atoms with E-state index in [9.17, 15) is 4.79 Å². The van der Waals surface area contributed by atoms with E-state index in [1.807, 2.05) is 44.2 Å². The van der Waals surface area contributed by atoms with Crippen LogP contribution in [-0.2, 0) is 11.3 Å². The van der Waals surface area contributed by atoms with Gasteiger partial charge in [0, 0.05) is 29.7 Å². The van der Waals surface area contributed by atoms with Crippen LogP contribution in [0.5, 0.6) is 0 Å². The second-order valence-corrected chi connectivity index (χ2v) is 10.3. The molecule has 4 nitrogen and oxygen atoms in total. The zero-order valence-corrected chi connectivity index (χ0v) is 21.1. The molecule has 0 atom stereocenters. The number of nitrogens with zero attached hydrogens (tertiary/aromatic N) is 2.